The summed E-state index contributed by atoms with van der Waals surface area (Å²) in [6.45, 7) is 1.52. The molecule has 1 fully saturated rings. The number of aliphatic hydroxyl groups excluding tert-OH is 1. The lowest BCUT2D eigenvalue weighted by molar-refractivity contribution is 0.232. The van der Waals surface area contributed by atoms with Crippen LogP contribution >= 0.6 is 0 Å². The van der Waals surface area contributed by atoms with Gasteiger partial charge in [0.25, 0.3) is 0 Å². The first-order chi connectivity index (χ1) is 9.78. The fraction of sp³-hybridized carbons (Fsp3) is 0.438. The topological polar surface area (TPSA) is 45.6 Å². The number of benzene rings is 1. The molecule has 1 aliphatic carbocycles. The van der Waals surface area contributed by atoms with E-state index in [1.54, 1.807) is 0 Å². The molecule has 4 nitrogen and oxygen atoms in total. The van der Waals surface area contributed by atoms with Crippen molar-refractivity contribution in [3.8, 4) is 5.75 Å². The van der Waals surface area contributed by atoms with Gasteiger partial charge in [0.1, 0.15) is 12.4 Å². The van der Waals surface area contributed by atoms with Crippen molar-refractivity contribution in [1.29, 1.82) is 0 Å². The van der Waals surface area contributed by atoms with Crippen LogP contribution in [-0.2, 0) is 6.61 Å². The lowest BCUT2D eigenvalue weighted by Gasteiger charge is -2.16. The normalized spacial score (nSPS) is 14.9. The Morgan fingerprint density at radius 1 is 1.35 bits per heavy atom. The van der Waals surface area contributed by atoms with E-state index in [1.807, 2.05) is 30.3 Å². The lowest BCUT2D eigenvalue weighted by atomic mass is 10.2. The molecule has 1 aromatic carbocycles. The van der Waals surface area contributed by atoms with Crippen LogP contribution in [0.15, 0.2) is 30.3 Å². The lowest BCUT2D eigenvalue weighted by Crippen LogP contribution is -2.26. The molecule has 1 saturated carbocycles. The molecule has 0 bridgehead atoms. The van der Waals surface area contributed by atoms with Crippen molar-refractivity contribution in [3.63, 3.8) is 0 Å². The number of para-hydroxylation sites is 1. The summed E-state index contributed by atoms with van der Waals surface area (Å²) in [6, 6.07) is 10.5. The van der Waals surface area contributed by atoms with Crippen molar-refractivity contribution in [1.82, 2.24) is 9.88 Å². The van der Waals surface area contributed by atoms with Crippen LogP contribution in [0.3, 0.4) is 0 Å². The maximum Gasteiger partial charge on any atom is 0.130 e. The molecule has 0 spiro atoms. The van der Waals surface area contributed by atoms with Gasteiger partial charge in [0.05, 0.1) is 17.8 Å². The third kappa shape index (κ3) is 2.92. The van der Waals surface area contributed by atoms with Crippen molar-refractivity contribution >= 4 is 10.9 Å². The first-order valence-electron chi connectivity index (χ1n) is 7.10. The van der Waals surface area contributed by atoms with E-state index in [4.69, 9.17) is 4.74 Å². The second-order valence-corrected chi connectivity index (χ2v) is 5.35. The van der Waals surface area contributed by atoms with E-state index in [0.717, 1.165) is 29.2 Å². The standard InChI is InChI=1S/C16H20N2O2/c1-18(13-6-7-13)8-9-20-16-10-12(11-19)17-15-5-3-2-4-14(15)16/h2-5,10,13,19H,6-9,11H2,1H3. The molecule has 1 aromatic heterocycles. The van der Waals surface area contributed by atoms with Crippen LogP contribution in [-0.4, -0.2) is 41.2 Å². The molecule has 1 heterocycles. The third-order valence-corrected chi connectivity index (χ3v) is 3.77. The number of nitrogens with zero attached hydrogens (tertiary/aromatic N) is 2. The second kappa shape index (κ2) is 5.77. The summed E-state index contributed by atoms with van der Waals surface area (Å²) >= 11 is 0. The van der Waals surface area contributed by atoms with Gasteiger partial charge in [0.15, 0.2) is 0 Å². The summed E-state index contributed by atoms with van der Waals surface area (Å²) in [7, 11) is 2.14. The van der Waals surface area contributed by atoms with E-state index in [0.29, 0.717) is 12.3 Å². The molecule has 4 heteroatoms. The average Bonchev–Trinajstić information content (AvgIpc) is 3.31. The SMILES string of the molecule is CN(CCOc1cc(CO)nc2ccccc12)C1CC1. The van der Waals surface area contributed by atoms with Gasteiger partial charge in [0.2, 0.25) is 0 Å². The number of rotatable bonds is 6. The van der Waals surface area contributed by atoms with Crippen molar-refractivity contribution < 1.29 is 9.84 Å². The van der Waals surface area contributed by atoms with Crippen molar-refractivity contribution in [3.05, 3.63) is 36.0 Å². The maximum atomic E-state index is 9.29. The molecule has 0 radical (unpaired) electrons. The summed E-state index contributed by atoms with van der Waals surface area (Å²) in [5.41, 5.74) is 1.51. The van der Waals surface area contributed by atoms with E-state index in [9.17, 15) is 5.11 Å². The predicted octanol–water partition coefficient (Wildman–Crippen LogP) is 2.20. The molecule has 1 aliphatic rings. The van der Waals surface area contributed by atoms with Gasteiger partial charge in [-0.1, -0.05) is 12.1 Å². The Bertz CT molecular complexity index is 596. The van der Waals surface area contributed by atoms with Crippen molar-refractivity contribution in [2.24, 2.45) is 0 Å². The number of pyridine rings is 1. The average molecular weight is 272 g/mol. The maximum absolute atomic E-state index is 9.29. The van der Waals surface area contributed by atoms with Gasteiger partial charge in [-0.25, -0.2) is 0 Å². The minimum Gasteiger partial charge on any atom is -0.491 e. The quantitative estimate of drug-likeness (QED) is 0.875. The predicted molar refractivity (Wildman–Crippen MR) is 78.8 cm³/mol. The van der Waals surface area contributed by atoms with Gasteiger partial charge in [-0.05, 0) is 32.0 Å². The monoisotopic (exact) mass is 272 g/mol. The molecule has 0 saturated heterocycles. The Balaban J connectivity index is 1.75. The third-order valence-electron chi connectivity index (χ3n) is 3.77. The fourth-order valence-corrected chi connectivity index (χ4v) is 2.39. The Morgan fingerprint density at radius 3 is 2.90 bits per heavy atom. The molecule has 0 unspecified atom stereocenters. The molecule has 0 aliphatic heterocycles. The van der Waals surface area contributed by atoms with Crippen LogP contribution in [0.1, 0.15) is 18.5 Å². The van der Waals surface area contributed by atoms with Crippen LogP contribution in [0.5, 0.6) is 5.75 Å². The number of likely N-dealkylation sites (N-methyl/N-ethyl adjacent to an activating group) is 1. The Hall–Kier alpha value is -1.65. The van der Waals surface area contributed by atoms with E-state index in [-0.39, 0.29) is 6.61 Å². The number of fused-ring (bicyclic) bond motifs is 1. The van der Waals surface area contributed by atoms with Crippen LogP contribution < -0.4 is 4.74 Å². The Kier molecular flexibility index (Phi) is 3.85. The van der Waals surface area contributed by atoms with E-state index in [2.05, 4.69) is 16.9 Å². The van der Waals surface area contributed by atoms with E-state index >= 15 is 0 Å². The zero-order valence-corrected chi connectivity index (χ0v) is 11.7. The molecule has 1 N–H and O–H groups in total. The zero-order valence-electron chi connectivity index (χ0n) is 11.7. The summed E-state index contributed by atoms with van der Waals surface area (Å²) in [4.78, 5) is 6.74. The van der Waals surface area contributed by atoms with Crippen LogP contribution in [0.2, 0.25) is 0 Å². The van der Waals surface area contributed by atoms with Crippen LogP contribution in [0, 0.1) is 0 Å². The molecule has 0 atom stereocenters. The molecule has 106 valence electrons. The number of ether oxygens (including phenoxy) is 1. The Labute approximate surface area is 119 Å². The fourth-order valence-electron chi connectivity index (χ4n) is 2.39. The smallest absolute Gasteiger partial charge is 0.130 e. The minimum absolute atomic E-state index is 0.0663. The summed E-state index contributed by atoms with van der Waals surface area (Å²) in [6.07, 6.45) is 2.62. The van der Waals surface area contributed by atoms with Crippen molar-refractivity contribution in [2.75, 3.05) is 20.2 Å². The van der Waals surface area contributed by atoms with E-state index in [1.165, 1.54) is 12.8 Å². The number of aliphatic hydroxyl groups is 1. The first-order valence-corrected chi connectivity index (χ1v) is 7.10. The number of aromatic nitrogens is 1. The highest BCUT2D eigenvalue weighted by Gasteiger charge is 2.25. The van der Waals surface area contributed by atoms with Crippen LogP contribution in [0.4, 0.5) is 0 Å². The second-order valence-electron chi connectivity index (χ2n) is 5.35. The molecule has 0 amide bonds. The minimum atomic E-state index is -0.0663. The first kappa shape index (κ1) is 13.3. The zero-order chi connectivity index (χ0) is 13.9. The van der Waals surface area contributed by atoms with Gasteiger partial charge in [-0.3, -0.25) is 4.98 Å². The van der Waals surface area contributed by atoms with Crippen molar-refractivity contribution in [2.45, 2.75) is 25.5 Å². The van der Waals surface area contributed by atoms with Gasteiger partial charge >= 0.3 is 0 Å². The Morgan fingerprint density at radius 2 is 2.15 bits per heavy atom. The molecular formula is C16H20N2O2. The molecule has 3 rings (SSSR count). The van der Waals surface area contributed by atoms with E-state index < -0.39 is 0 Å². The number of hydrogen-bond donors (Lipinski definition) is 1. The van der Waals surface area contributed by atoms with Gasteiger partial charge in [-0.15, -0.1) is 0 Å². The molecule has 2 aromatic rings. The van der Waals surface area contributed by atoms with Gasteiger partial charge < -0.3 is 14.7 Å². The summed E-state index contributed by atoms with van der Waals surface area (Å²) in [5.74, 6) is 0.809. The summed E-state index contributed by atoms with van der Waals surface area (Å²) in [5, 5.41) is 10.3. The highest BCUT2D eigenvalue weighted by Crippen LogP contribution is 2.27. The van der Waals surface area contributed by atoms with Gasteiger partial charge in [0, 0.05) is 24.0 Å². The van der Waals surface area contributed by atoms with Crippen LogP contribution in [0.25, 0.3) is 10.9 Å². The summed E-state index contributed by atoms with van der Waals surface area (Å²) < 4.78 is 5.92. The largest absolute Gasteiger partial charge is 0.491 e. The van der Waals surface area contributed by atoms with Gasteiger partial charge in [-0.2, -0.15) is 0 Å². The highest BCUT2D eigenvalue weighted by molar-refractivity contribution is 5.85. The number of hydrogen-bond acceptors (Lipinski definition) is 4. The molecular weight excluding hydrogens is 252 g/mol. The highest BCUT2D eigenvalue weighted by atomic mass is 16.5. The molecule has 20 heavy (non-hydrogen) atoms.